The highest BCUT2D eigenvalue weighted by molar-refractivity contribution is 5.71. The van der Waals surface area contributed by atoms with Crippen molar-refractivity contribution in [3.63, 3.8) is 0 Å². The van der Waals surface area contributed by atoms with Crippen molar-refractivity contribution in [1.29, 1.82) is 0 Å². The zero-order chi connectivity index (χ0) is 14.8. The van der Waals surface area contributed by atoms with E-state index < -0.39 is 46.6 Å². The van der Waals surface area contributed by atoms with Gasteiger partial charge in [-0.1, -0.05) is 0 Å². The van der Waals surface area contributed by atoms with Gasteiger partial charge in [0, 0.05) is 0 Å². The molecule has 0 atom stereocenters. The fourth-order valence-electron chi connectivity index (χ4n) is 1.13. The van der Waals surface area contributed by atoms with Gasteiger partial charge in [0.1, 0.15) is 6.20 Å². The van der Waals surface area contributed by atoms with Crippen molar-refractivity contribution < 1.29 is 37.1 Å². The van der Waals surface area contributed by atoms with Gasteiger partial charge in [0.25, 0.3) is 0 Å². The molecule has 0 saturated carbocycles. The number of hydrogen-bond acceptors (Lipinski definition) is 5. The number of halogens is 4. The van der Waals surface area contributed by atoms with Gasteiger partial charge in [-0.15, -0.1) is 13.2 Å². The highest BCUT2D eigenvalue weighted by Crippen LogP contribution is 2.30. The van der Waals surface area contributed by atoms with Crippen LogP contribution in [-0.2, 0) is 11.2 Å². The molecule has 0 bridgehead atoms. The molecular formula is C8H4F4N2O5. The van der Waals surface area contributed by atoms with E-state index in [9.17, 15) is 32.5 Å². The summed E-state index contributed by atoms with van der Waals surface area (Å²) in [6.07, 6.45) is -6.27. The Morgan fingerprint density at radius 1 is 1.53 bits per heavy atom. The van der Waals surface area contributed by atoms with Crippen LogP contribution in [0.3, 0.4) is 0 Å². The van der Waals surface area contributed by atoms with Gasteiger partial charge < -0.3 is 9.84 Å². The molecule has 1 N–H and O–H groups in total. The van der Waals surface area contributed by atoms with Crippen molar-refractivity contribution in [1.82, 2.24) is 4.98 Å². The predicted molar refractivity (Wildman–Crippen MR) is 48.9 cm³/mol. The molecule has 0 unspecified atom stereocenters. The number of hydrogen-bond donors (Lipinski definition) is 1. The van der Waals surface area contributed by atoms with E-state index >= 15 is 0 Å². The van der Waals surface area contributed by atoms with Crippen molar-refractivity contribution >= 4 is 11.7 Å². The Bertz CT molecular complexity index is 531. The zero-order valence-electron chi connectivity index (χ0n) is 8.77. The minimum Gasteiger partial charge on any atom is -0.481 e. The van der Waals surface area contributed by atoms with Crippen LogP contribution >= 0.6 is 0 Å². The van der Waals surface area contributed by atoms with E-state index in [-0.39, 0.29) is 6.20 Å². The number of rotatable bonds is 4. The highest BCUT2D eigenvalue weighted by atomic mass is 19.4. The average molecular weight is 284 g/mol. The minimum absolute atomic E-state index is 0.210. The summed E-state index contributed by atoms with van der Waals surface area (Å²) in [7, 11) is 0. The van der Waals surface area contributed by atoms with Crippen LogP contribution in [0.4, 0.5) is 23.2 Å². The lowest BCUT2D eigenvalue weighted by Crippen LogP contribution is -2.20. The van der Waals surface area contributed by atoms with Gasteiger partial charge in [-0.25, -0.2) is 4.98 Å². The number of carbonyl (C=O) groups is 1. The summed E-state index contributed by atoms with van der Waals surface area (Å²) in [5.41, 5.74) is -2.40. The van der Waals surface area contributed by atoms with E-state index in [1.165, 1.54) is 0 Å². The normalized spacial score (nSPS) is 11.2. The Morgan fingerprint density at radius 3 is 2.53 bits per heavy atom. The molecule has 1 heterocycles. The number of pyridine rings is 1. The standard InChI is InChI=1S/C8H4F4N2O5/c9-6-3(1-5(15)16)7(19-8(10,11)12)13-2-4(6)14(17)18/h2H,1H2,(H,15,16). The van der Waals surface area contributed by atoms with Gasteiger partial charge in [-0.05, 0) is 0 Å². The topological polar surface area (TPSA) is 103 Å². The quantitative estimate of drug-likeness (QED) is 0.512. The molecule has 0 aliphatic heterocycles. The Labute approximate surface area is 101 Å². The molecule has 104 valence electrons. The Hall–Kier alpha value is -2.46. The number of carboxylic acids is 1. The maximum Gasteiger partial charge on any atom is 0.574 e. The third-order valence-electron chi connectivity index (χ3n) is 1.79. The lowest BCUT2D eigenvalue weighted by molar-refractivity contribution is -0.388. The van der Waals surface area contributed by atoms with Crippen molar-refractivity contribution in [2.45, 2.75) is 12.8 Å². The Balaban J connectivity index is 3.35. The molecule has 0 amide bonds. The molecule has 7 nitrogen and oxygen atoms in total. The Kier molecular flexibility index (Phi) is 3.87. The van der Waals surface area contributed by atoms with E-state index in [0.717, 1.165) is 0 Å². The van der Waals surface area contributed by atoms with E-state index in [1.54, 1.807) is 0 Å². The van der Waals surface area contributed by atoms with Crippen LogP contribution in [-0.4, -0.2) is 27.3 Å². The molecule has 1 aromatic heterocycles. The van der Waals surface area contributed by atoms with Gasteiger partial charge in [-0.2, -0.15) is 4.39 Å². The molecule has 0 spiro atoms. The van der Waals surface area contributed by atoms with E-state index in [2.05, 4.69) is 9.72 Å². The summed E-state index contributed by atoms with van der Waals surface area (Å²) < 4.78 is 52.8. The molecule has 0 saturated heterocycles. The molecule has 0 fully saturated rings. The van der Waals surface area contributed by atoms with Crippen molar-refractivity contribution in [3.8, 4) is 5.88 Å². The van der Waals surface area contributed by atoms with Gasteiger partial charge >= 0.3 is 18.0 Å². The average Bonchev–Trinajstić information content (AvgIpc) is 2.20. The van der Waals surface area contributed by atoms with Crippen LogP contribution < -0.4 is 4.74 Å². The van der Waals surface area contributed by atoms with Crippen molar-refractivity contribution in [2.24, 2.45) is 0 Å². The second kappa shape index (κ2) is 5.04. The predicted octanol–water partition coefficient (Wildman–Crippen LogP) is 1.65. The van der Waals surface area contributed by atoms with Crippen LogP contribution in [0.2, 0.25) is 0 Å². The number of carboxylic acid groups (broad SMARTS) is 1. The fraction of sp³-hybridized carbons (Fsp3) is 0.250. The summed E-state index contributed by atoms with van der Waals surface area (Å²) in [6.45, 7) is 0. The lowest BCUT2D eigenvalue weighted by Gasteiger charge is -2.11. The first-order valence-corrected chi connectivity index (χ1v) is 4.41. The number of alkyl halides is 3. The van der Waals surface area contributed by atoms with E-state index in [0.29, 0.717) is 0 Å². The number of ether oxygens (including phenoxy) is 1. The van der Waals surface area contributed by atoms with Crippen molar-refractivity contribution in [2.75, 3.05) is 0 Å². The van der Waals surface area contributed by atoms with Crippen molar-refractivity contribution in [3.05, 3.63) is 27.7 Å². The van der Waals surface area contributed by atoms with Gasteiger partial charge in [0.15, 0.2) is 0 Å². The maximum atomic E-state index is 13.5. The lowest BCUT2D eigenvalue weighted by atomic mass is 10.1. The molecule has 0 radical (unpaired) electrons. The molecule has 0 aromatic carbocycles. The molecule has 1 rings (SSSR count). The summed E-state index contributed by atoms with van der Waals surface area (Å²) >= 11 is 0. The van der Waals surface area contributed by atoms with Gasteiger partial charge in [-0.3, -0.25) is 14.9 Å². The zero-order valence-corrected chi connectivity index (χ0v) is 8.77. The summed E-state index contributed by atoms with van der Waals surface area (Å²) in [5, 5.41) is 18.8. The summed E-state index contributed by atoms with van der Waals surface area (Å²) in [4.78, 5) is 22.5. The molecule has 0 aliphatic carbocycles. The molecular weight excluding hydrogens is 280 g/mol. The maximum absolute atomic E-state index is 13.5. The summed E-state index contributed by atoms with van der Waals surface area (Å²) in [6, 6.07) is 0. The molecule has 1 aromatic rings. The fourth-order valence-corrected chi connectivity index (χ4v) is 1.13. The van der Waals surface area contributed by atoms with Crippen LogP contribution in [0, 0.1) is 15.9 Å². The first-order valence-electron chi connectivity index (χ1n) is 4.41. The van der Waals surface area contributed by atoms with Gasteiger partial charge in [0.2, 0.25) is 11.7 Å². The van der Waals surface area contributed by atoms with Crippen LogP contribution in [0.15, 0.2) is 6.20 Å². The number of nitrogens with zero attached hydrogens (tertiary/aromatic N) is 2. The van der Waals surface area contributed by atoms with Crippen LogP contribution in [0.5, 0.6) is 5.88 Å². The summed E-state index contributed by atoms with van der Waals surface area (Å²) in [5.74, 6) is -4.81. The Morgan fingerprint density at radius 2 is 2.11 bits per heavy atom. The van der Waals surface area contributed by atoms with E-state index in [4.69, 9.17) is 5.11 Å². The molecule has 11 heteroatoms. The minimum atomic E-state index is -5.23. The van der Waals surface area contributed by atoms with E-state index in [1.807, 2.05) is 0 Å². The monoisotopic (exact) mass is 284 g/mol. The largest absolute Gasteiger partial charge is 0.574 e. The van der Waals surface area contributed by atoms with Gasteiger partial charge in [0.05, 0.1) is 16.9 Å². The SMILES string of the molecule is O=C(O)Cc1c(OC(F)(F)F)ncc([N+](=O)[O-])c1F. The first-order chi connectivity index (χ1) is 8.61. The highest BCUT2D eigenvalue weighted by Gasteiger charge is 2.35. The second-order valence-electron chi connectivity index (χ2n) is 3.12. The molecule has 0 aliphatic rings. The first kappa shape index (κ1) is 14.6. The van der Waals surface area contributed by atoms with Crippen LogP contribution in [0.25, 0.3) is 0 Å². The van der Waals surface area contributed by atoms with Crippen LogP contribution in [0.1, 0.15) is 5.56 Å². The number of aliphatic carboxylic acids is 1. The smallest absolute Gasteiger partial charge is 0.481 e. The third-order valence-corrected chi connectivity index (χ3v) is 1.79. The number of nitro groups is 1. The second-order valence-corrected chi connectivity index (χ2v) is 3.12. The third kappa shape index (κ3) is 3.76. The number of aromatic nitrogens is 1. The molecule has 19 heavy (non-hydrogen) atoms.